The van der Waals surface area contributed by atoms with E-state index in [4.69, 9.17) is 5.73 Å². The Morgan fingerprint density at radius 2 is 1.71 bits per heavy atom. The Morgan fingerprint density at radius 1 is 1.14 bits per heavy atom. The topological polar surface area (TPSA) is 43.1 Å². The van der Waals surface area contributed by atoms with Crippen molar-refractivity contribution in [1.29, 1.82) is 0 Å². The van der Waals surface area contributed by atoms with Crippen molar-refractivity contribution in [2.45, 2.75) is 18.9 Å². The highest BCUT2D eigenvalue weighted by Gasteiger charge is 2.29. The molecule has 76 valence electrons. The predicted octanol–water partition coefficient (Wildman–Crippen LogP) is 1.80. The lowest BCUT2D eigenvalue weighted by Crippen LogP contribution is -2.29. The Bertz CT molecular complexity index is 338. The Labute approximate surface area is 84.9 Å². The second-order valence-corrected chi connectivity index (χ2v) is 7.20. The second kappa shape index (κ2) is 3.88. The van der Waals surface area contributed by atoms with E-state index in [-0.39, 0.29) is 6.04 Å². The van der Waals surface area contributed by atoms with Gasteiger partial charge in [0, 0.05) is 23.7 Å². The quantitative estimate of drug-likeness (QED) is 0.716. The van der Waals surface area contributed by atoms with Gasteiger partial charge in [0.25, 0.3) is 0 Å². The number of hydrogen-bond donors (Lipinski definition) is 1. The molecule has 14 heavy (non-hydrogen) atoms. The van der Waals surface area contributed by atoms with E-state index in [1.54, 1.807) is 0 Å². The van der Waals surface area contributed by atoms with E-state index in [0.29, 0.717) is 0 Å². The zero-order valence-corrected chi connectivity index (χ0v) is 9.12. The number of nitrogens with two attached hydrogens (primary N) is 1. The van der Waals surface area contributed by atoms with Gasteiger partial charge in [-0.05, 0) is 12.8 Å². The van der Waals surface area contributed by atoms with Crippen LogP contribution in [0.2, 0.25) is 0 Å². The monoisotopic (exact) mass is 209 g/mol. The van der Waals surface area contributed by atoms with Crippen molar-refractivity contribution in [3.63, 3.8) is 0 Å². The zero-order chi connectivity index (χ0) is 10.0. The van der Waals surface area contributed by atoms with Crippen LogP contribution in [0.5, 0.6) is 0 Å². The first-order chi connectivity index (χ1) is 6.71. The Hall–Kier alpha value is -0.590. The van der Waals surface area contributed by atoms with Gasteiger partial charge in [-0.15, -0.1) is 0 Å². The van der Waals surface area contributed by atoms with E-state index >= 15 is 0 Å². The van der Waals surface area contributed by atoms with Crippen molar-refractivity contribution in [2.75, 3.05) is 12.3 Å². The largest absolute Gasteiger partial charge is 0.328 e. The number of benzene rings is 1. The van der Waals surface area contributed by atoms with Gasteiger partial charge >= 0.3 is 0 Å². The summed E-state index contributed by atoms with van der Waals surface area (Å²) >= 11 is 0. The smallest absolute Gasteiger partial charge is 0.115 e. The molecule has 0 aliphatic carbocycles. The molecular weight excluding hydrogens is 193 g/mol. The van der Waals surface area contributed by atoms with Crippen LogP contribution in [0, 0.1) is 0 Å². The summed E-state index contributed by atoms with van der Waals surface area (Å²) in [5.74, 6) is 0. The summed E-state index contributed by atoms with van der Waals surface area (Å²) < 4.78 is 12.5. The third-order valence-corrected chi connectivity index (χ3v) is 6.15. The van der Waals surface area contributed by atoms with Gasteiger partial charge in [0.15, 0.2) is 0 Å². The molecule has 0 amide bonds. The van der Waals surface area contributed by atoms with Crippen LogP contribution >= 0.6 is 7.14 Å². The molecule has 1 aliphatic heterocycles. The molecule has 2 nitrogen and oxygen atoms in total. The van der Waals surface area contributed by atoms with Crippen LogP contribution in [-0.2, 0) is 4.57 Å². The van der Waals surface area contributed by atoms with Crippen LogP contribution in [0.4, 0.5) is 0 Å². The molecule has 0 atom stereocenters. The lowest BCUT2D eigenvalue weighted by atomic mass is 10.2. The third kappa shape index (κ3) is 1.92. The molecule has 0 spiro atoms. The third-order valence-electron chi connectivity index (χ3n) is 2.95. The van der Waals surface area contributed by atoms with E-state index in [2.05, 4.69) is 0 Å². The van der Waals surface area contributed by atoms with Crippen molar-refractivity contribution in [3.05, 3.63) is 30.3 Å². The molecule has 2 N–H and O–H groups in total. The summed E-state index contributed by atoms with van der Waals surface area (Å²) in [6.07, 6.45) is 3.40. The van der Waals surface area contributed by atoms with Gasteiger partial charge in [-0.2, -0.15) is 0 Å². The molecular formula is C11H16NOP. The molecule has 0 bridgehead atoms. The van der Waals surface area contributed by atoms with E-state index in [9.17, 15) is 4.57 Å². The minimum atomic E-state index is -2.08. The van der Waals surface area contributed by atoms with Crippen molar-refractivity contribution in [2.24, 2.45) is 5.73 Å². The van der Waals surface area contributed by atoms with Crippen LogP contribution in [0.25, 0.3) is 0 Å². The highest BCUT2D eigenvalue weighted by Crippen LogP contribution is 2.48. The molecule has 0 radical (unpaired) electrons. The summed E-state index contributed by atoms with van der Waals surface area (Å²) in [7, 11) is -2.08. The molecule has 1 fully saturated rings. The summed E-state index contributed by atoms with van der Waals surface area (Å²) in [5, 5.41) is 1.03. The van der Waals surface area contributed by atoms with Gasteiger partial charge in [0.05, 0.1) is 0 Å². The van der Waals surface area contributed by atoms with Crippen LogP contribution in [0.1, 0.15) is 12.8 Å². The predicted molar refractivity (Wildman–Crippen MR) is 60.6 cm³/mol. The first-order valence-corrected chi connectivity index (χ1v) is 7.18. The van der Waals surface area contributed by atoms with Gasteiger partial charge in [0.2, 0.25) is 0 Å². The van der Waals surface area contributed by atoms with Crippen molar-refractivity contribution in [1.82, 2.24) is 0 Å². The molecule has 1 aromatic rings. The average Bonchev–Trinajstić information content (AvgIpc) is 2.24. The van der Waals surface area contributed by atoms with E-state index in [0.717, 1.165) is 30.5 Å². The van der Waals surface area contributed by atoms with Gasteiger partial charge in [-0.1, -0.05) is 30.3 Å². The average molecular weight is 209 g/mol. The van der Waals surface area contributed by atoms with Crippen LogP contribution in [0.15, 0.2) is 30.3 Å². The fourth-order valence-corrected chi connectivity index (χ4v) is 4.92. The fourth-order valence-electron chi connectivity index (χ4n) is 1.96. The van der Waals surface area contributed by atoms with Crippen molar-refractivity contribution < 1.29 is 4.57 Å². The second-order valence-electron chi connectivity index (χ2n) is 4.01. The zero-order valence-electron chi connectivity index (χ0n) is 8.23. The van der Waals surface area contributed by atoms with Gasteiger partial charge in [0.1, 0.15) is 7.14 Å². The van der Waals surface area contributed by atoms with Crippen LogP contribution in [-0.4, -0.2) is 18.4 Å². The number of rotatable bonds is 1. The van der Waals surface area contributed by atoms with Crippen molar-refractivity contribution >= 4 is 12.4 Å². The fraction of sp³-hybridized carbons (Fsp3) is 0.455. The normalized spacial score (nSPS) is 32.8. The van der Waals surface area contributed by atoms with Crippen LogP contribution in [0.3, 0.4) is 0 Å². The SMILES string of the molecule is NC1CCP(=O)(c2ccccc2)CC1. The summed E-state index contributed by atoms with van der Waals surface area (Å²) in [6, 6.07) is 10.1. The Morgan fingerprint density at radius 3 is 2.29 bits per heavy atom. The highest BCUT2D eigenvalue weighted by atomic mass is 31.2. The summed E-state index contributed by atoms with van der Waals surface area (Å²) in [4.78, 5) is 0. The minimum absolute atomic E-state index is 0.265. The maximum absolute atomic E-state index is 12.5. The first kappa shape index (κ1) is 9.95. The molecule has 1 aromatic carbocycles. The molecule has 0 aromatic heterocycles. The molecule has 0 saturated carbocycles. The molecule has 3 heteroatoms. The van der Waals surface area contributed by atoms with E-state index in [1.165, 1.54) is 0 Å². The van der Waals surface area contributed by atoms with E-state index < -0.39 is 7.14 Å². The summed E-state index contributed by atoms with van der Waals surface area (Å²) in [6.45, 7) is 0. The van der Waals surface area contributed by atoms with Gasteiger partial charge in [-0.3, -0.25) is 0 Å². The maximum Gasteiger partial charge on any atom is 0.115 e. The van der Waals surface area contributed by atoms with Gasteiger partial charge < -0.3 is 10.3 Å². The number of hydrogen-bond acceptors (Lipinski definition) is 2. The molecule has 1 saturated heterocycles. The van der Waals surface area contributed by atoms with Crippen molar-refractivity contribution in [3.8, 4) is 0 Å². The lowest BCUT2D eigenvalue weighted by molar-refractivity contribution is 0.546. The molecule has 1 heterocycles. The highest BCUT2D eigenvalue weighted by molar-refractivity contribution is 7.71. The first-order valence-electron chi connectivity index (χ1n) is 5.10. The Kier molecular flexibility index (Phi) is 2.76. The molecule has 2 rings (SSSR count). The minimum Gasteiger partial charge on any atom is -0.328 e. The summed E-state index contributed by atoms with van der Waals surface area (Å²) in [5.41, 5.74) is 5.81. The standard InChI is InChI=1S/C11H16NOP/c12-10-6-8-14(13,9-7-10)11-4-2-1-3-5-11/h1-5,10H,6-9,12H2. The Balaban J connectivity index is 2.22. The van der Waals surface area contributed by atoms with E-state index in [1.807, 2.05) is 30.3 Å². The molecule has 1 aliphatic rings. The maximum atomic E-state index is 12.5. The lowest BCUT2D eigenvalue weighted by Gasteiger charge is -2.26. The molecule has 0 unspecified atom stereocenters. The van der Waals surface area contributed by atoms with Gasteiger partial charge in [-0.25, -0.2) is 0 Å². The van der Waals surface area contributed by atoms with Crippen LogP contribution < -0.4 is 11.0 Å².